The molecule has 5 saturated heterocycles. The number of carbonyl (C=O) groups is 3. The number of aryl methyl sites for hydroxylation is 1. The molecular weight excluding hydrogens is 885 g/mol. The Morgan fingerprint density at radius 3 is 2.74 bits per heavy atom. The standard InChI is InChI=1S/C51H68N8O8S/c1-7-57-41-12-11-32-21-36(41)38(45(57)37-22-34(24-52-43(37)30(3)63-6)31-13-16-56-17-19-65-26-35(56)20-31)23-51(4,5)29-67-49(61)39-10-9-15-59(55-39)48(60)44(46(66-8-2)47-53-40(32)28-68-47)54-50(62)58-25-33-14-18-64-27-42(33)58/h11-12,21-22,24,28,30-31,33,35,39,42,44,46,55H,7-10,13-20,23,25-27,29H2,1-6H3,(H,54,62)/t30-,31+,33+,35?,39-,42+,44-,46-/m0/s1. The number of likely N-dealkylation sites (tertiary alicyclic amines) is 1. The highest BCUT2D eigenvalue weighted by atomic mass is 32.1. The number of pyridine rings is 1. The molecule has 4 aromatic rings. The van der Waals surface area contributed by atoms with Crippen LogP contribution in [-0.2, 0) is 46.2 Å². The predicted molar refractivity (Wildman–Crippen MR) is 258 cm³/mol. The number of urea groups is 1. The van der Waals surface area contributed by atoms with E-state index in [1.807, 2.05) is 12.3 Å². The summed E-state index contributed by atoms with van der Waals surface area (Å²) in [7, 11) is 1.74. The number of amides is 3. The number of benzene rings is 1. The van der Waals surface area contributed by atoms with Gasteiger partial charge < -0.3 is 38.5 Å². The Labute approximate surface area is 403 Å². The van der Waals surface area contributed by atoms with Gasteiger partial charge in [-0.15, -0.1) is 11.3 Å². The van der Waals surface area contributed by atoms with Crippen LogP contribution in [0, 0.1) is 11.3 Å². The molecular formula is C51H68N8O8S. The van der Waals surface area contributed by atoms with Gasteiger partial charge in [-0.1, -0.05) is 19.9 Å². The van der Waals surface area contributed by atoms with Crippen LogP contribution >= 0.6 is 11.3 Å². The quantitative estimate of drug-likeness (QED) is 0.182. The van der Waals surface area contributed by atoms with Crippen molar-refractivity contribution in [2.45, 2.75) is 122 Å². The van der Waals surface area contributed by atoms with Gasteiger partial charge in [0.15, 0.2) is 0 Å². The number of ether oxygens (including phenoxy) is 5. The number of esters is 1. The van der Waals surface area contributed by atoms with Crippen LogP contribution in [0.5, 0.6) is 0 Å². The maximum Gasteiger partial charge on any atom is 0.324 e. The van der Waals surface area contributed by atoms with Crippen molar-refractivity contribution in [3.63, 3.8) is 0 Å². The molecule has 6 bridgehead atoms. The normalized spacial score (nSPS) is 28.2. The van der Waals surface area contributed by atoms with Crippen molar-refractivity contribution in [1.29, 1.82) is 0 Å². The first-order chi connectivity index (χ1) is 32.9. The average Bonchev–Trinajstić information content (AvgIpc) is 3.96. The van der Waals surface area contributed by atoms with Crippen LogP contribution in [0.3, 0.4) is 0 Å². The zero-order valence-electron chi connectivity index (χ0n) is 40.5. The van der Waals surface area contributed by atoms with Crippen molar-refractivity contribution in [2.24, 2.45) is 11.3 Å². The summed E-state index contributed by atoms with van der Waals surface area (Å²) < 4.78 is 32.8. The molecule has 9 heterocycles. The van der Waals surface area contributed by atoms with Gasteiger partial charge in [0, 0.05) is 97.5 Å². The van der Waals surface area contributed by atoms with Gasteiger partial charge >= 0.3 is 12.0 Å². The van der Waals surface area contributed by atoms with Crippen molar-refractivity contribution in [3.05, 3.63) is 57.7 Å². The van der Waals surface area contributed by atoms with Crippen LogP contribution in [0.1, 0.15) is 107 Å². The van der Waals surface area contributed by atoms with E-state index in [-0.39, 0.29) is 31.4 Å². The van der Waals surface area contributed by atoms with E-state index in [2.05, 4.69) is 78.4 Å². The highest BCUT2D eigenvalue weighted by Crippen LogP contribution is 2.44. The second kappa shape index (κ2) is 19.7. The average molecular weight is 953 g/mol. The maximum atomic E-state index is 14.8. The number of hydrogen-bond donors (Lipinski definition) is 2. The number of nitrogens with one attached hydrogen (secondary N) is 2. The Morgan fingerprint density at radius 2 is 1.93 bits per heavy atom. The van der Waals surface area contributed by atoms with Crippen LogP contribution in [0.4, 0.5) is 4.79 Å². The topological polar surface area (TPSA) is 162 Å². The number of aromatic nitrogens is 3. The Balaban J connectivity index is 1.09. The maximum absolute atomic E-state index is 14.8. The third-order valence-corrected chi connectivity index (χ3v) is 16.3. The second-order valence-electron chi connectivity index (χ2n) is 20.3. The largest absolute Gasteiger partial charge is 0.464 e. The number of cyclic esters (lactones) is 1. The van der Waals surface area contributed by atoms with Gasteiger partial charge in [0.25, 0.3) is 5.91 Å². The van der Waals surface area contributed by atoms with E-state index in [0.29, 0.717) is 75.0 Å². The molecule has 366 valence electrons. The summed E-state index contributed by atoms with van der Waals surface area (Å²) >= 11 is 1.41. The van der Waals surface area contributed by atoms with E-state index in [1.165, 1.54) is 21.9 Å². The summed E-state index contributed by atoms with van der Waals surface area (Å²) in [5.74, 6) is -0.109. The number of methoxy groups -OCH3 is 1. The highest BCUT2D eigenvalue weighted by molar-refractivity contribution is 7.10. The van der Waals surface area contributed by atoms with Crippen molar-refractivity contribution < 1.29 is 38.1 Å². The van der Waals surface area contributed by atoms with E-state index < -0.39 is 35.5 Å². The van der Waals surface area contributed by atoms with E-state index in [9.17, 15) is 14.4 Å². The van der Waals surface area contributed by atoms with Gasteiger partial charge in [0.05, 0.1) is 55.7 Å². The molecule has 10 rings (SSSR count). The predicted octanol–water partition coefficient (Wildman–Crippen LogP) is 6.63. The van der Waals surface area contributed by atoms with E-state index in [4.69, 9.17) is 33.7 Å². The number of rotatable bonds is 8. The minimum atomic E-state index is -1.14. The summed E-state index contributed by atoms with van der Waals surface area (Å²) in [5, 5.41) is 8.21. The number of fused-ring (bicyclic) bond motifs is 8. The Hall–Kier alpha value is -4.49. The first-order valence-electron chi connectivity index (χ1n) is 24.9. The van der Waals surface area contributed by atoms with Gasteiger partial charge in [-0.05, 0) is 101 Å². The number of piperidine rings is 1. The van der Waals surface area contributed by atoms with Crippen LogP contribution in [0.25, 0.3) is 33.4 Å². The zero-order chi connectivity index (χ0) is 47.3. The SMILES string of the molecule is CCO[C@@H]1c2nc(cs2)-c2ccc3c(c2)c(c(-c2cc([C@@H]4CCN5CCOCC5C4)cnc2[C@H](C)OC)n3CC)CC(C)(C)COC(=O)[C@@H]2CCCN(N2)C(=O)[C@H]1NC(=O)N1C[C@H]2CCOC[C@H]21. The molecule has 1 unspecified atom stereocenters. The molecule has 17 heteroatoms. The molecule has 0 saturated carbocycles. The molecule has 3 amide bonds. The molecule has 68 heavy (non-hydrogen) atoms. The molecule has 2 N–H and O–H groups in total. The Morgan fingerprint density at radius 1 is 1.07 bits per heavy atom. The molecule has 5 fully saturated rings. The third-order valence-electron chi connectivity index (χ3n) is 15.4. The zero-order valence-corrected chi connectivity index (χ0v) is 41.3. The first kappa shape index (κ1) is 47.2. The van der Waals surface area contributed by atoms with Crippen molar-refractivity contribution in [3.8, 4) is 22.5 Å². The van der Waals surface area contributed by atoms with Crippen LogP contribution < -0.4 is 10.7 Å². The fourth-order valence-corrected chi connectivity index (χ4v) is 12.4. The lowest BCUT2D eigenvalue weighted by Crippen LogP contribution is -2.67. The lowest BCUT2D eigenvalue weighted by molar-refractivity contribution is -0.156. The molecule has 0 radical (unpaired) electrons. The Kier molecular flexibility index (Phi) is 13.7. The molecule has 8 atom stereocenters. The van der Waals surface area contributed by atoms with Crippen LogP contribution in [0.2, 0.25) is 0 Å². The van der Waals surface area contributed by atoms with E-state index >= 15 is 0 Å². The van der Waals surface area contributed by atoms with Gasteiger partial charge in [0.2, 0.25) is 0 Å². The molecule has 6 aliphatic heterocycles. The molecule has 6 aliphatic rings. The van der Waals surface area contributed by atoms with Crippen LogP contribution in [0.15, 0.2) is 35.8 Å². The fraction of sp³-hybridized carbons (Fsp3) is 0.627. The monoisotopic (exact) mass is 952 g/mol. The molecule has 3 aromatic heterocycles. The highest BCUT2D eigenvalue weighted by Gasteiger charge is 2.47. The number of morpholine rings is 1. The summed E-state index contributed by atoms with van der Waals surface area (Å²) in [5.41, 5.74) is 10.8. The minimum Gasteiger partial charge on any atom is -0.464 e. The number of carbonyl (C=O) groups excluding carboxylic acids is 3. The molecule has 0 spiro atoms. The minimum absolute atomic E-state index is 0.0418. The Bertz CT molecular complexity index is 2510. The van der Waals surface area contributed by atoms with E-state index in [1.54, 1.807) is 12.0 Å². The third kappa shape index (κ3) is 9.08. The smallest absolute Gasteiger partial charge is 0.324 e. The molecule has 0 aliphatic carbocycles. The van der Waals surface area contributed by atoms with E-state index in [0.717, 1.165) is 90.2 Å². The summed E-state index contributed by atoms with van der Waals surface area (Å²) in [6.07, 6.45) is 5.53. The summed E-state index contributed by atoms with van der Waals surface area (Å²) in [6.45, 7) is 17.2. The van der Waals surface area contributed by atoms with Gasteiger partial charge in [-0.2, -0.15) is 0 Å². The van der Waals surface area contributed by atoms with Crippen molar-refractivity contribution in [2.75, 3.05) is 72.9 Å². The lowest BCUT2D eigenvalue weighted by atomic mass is 9.82. The summed E-state index contributed by atoms with van der Waals surface area (Å²) in [4.78, 5) is 57.8. The van der Waals surface area contributed by atoms with Gasteiger partial charge in [0.1, 0.15) is 23.2 Å². The fourth-order valence-electron chi connectivity index (χ4n) is 11.5. The lowest BCUT2D eigenvalue weighted by Gasteiger charge is -2.50. The molecule has 16 nitrogen and oxygen atoms in total. The van der Waals surface area contributed by atoms with Crippen molar-refractivity contribution >= 4 is 40.1 Å². The van der Waals surface area contributed by atoms with Gasteiger partial charge in [-0.3, -0.25) is 24.5 Å². The second-order valence-corrected chi connectivity index (χ2v) is 21.2. The number of hydrogen-bond acceptors (Lipinski definition) is 13. The number of thiazole rings is 1. The number of nitrogens with zero attached hydrogens (tertiary/aromatic N) is 6. The first-order valence-corrected chi connectivity index (χ1v) is 25.8. The molecule has 1 aromatic carbocycles. The van der Waals surface area contributed by atoms with Gasteiger partial charge in [-0.25, -0.2) is 15.2 Å². The van der Waals surface area contributed by atoms with Crippen LogP contribution in [-0.4, -0.2) is 144 Å². The number of hydrazine groups is 1. The summed E-state index contributed by atoms with van der Waals surface area (Å²) in [6, 6.07) is 7.01. The van der Waals surface area contributed by atoms with Crippen molar-refractivity contribution in [1.82, 2.24) is 40.1 Å².